The van der Waals surface area contributed by atoms with Crippen molar-refractivity contribution in [2.45, 2.75) is 115 Å². The average Bonchev–Trinajstić information content (AvgIpc) is 3.64. The number of aliphatic hydroxyl groups excluding tert-OH is 2. The van der Waals surface area contributed by atoms with Crippen molar-refractivity contribution < 1.29 is 33.0 Å². The lowest BCUT2D eigenvalue weighted by molar-refractivity contribution is -0.132. The molecule has 0 radical (unpaired) electrons. The van der Waals surface area contributed by atoms with Gasteiger partial charge in [0, 0.05) is 18.5 Å². The molecule has 1 heterocycles. The summed E-state index contributed by atoms with van der Waals surface area (Å²) >= 11 is 0. The number of rotatable bonds is 19. The van der Waals surface area contributed by atoms with Gasteiger partial charge in [-0.3, -0.25) is 9.59 Å². The van der Waals surface area contributed by atoms with Crippen LogP contribution in [-0.4, -0.2) is 81.8 Å². The van der Waals surface area contributed by atoms with E-state index in [1.807, 2.05) is 60.7 Å². The number of sulfone groups is 1. The van der Waals surface area contributed by atoms with E-state index < -0.39 is 68.3 Å². The van der Waals surface area contributed by atoms with Crippen molar-refractivity contribution in [3.63, 3.8) is 0 Å². The van der Waals surface area contributed by atoms with Gasteiger partial charge in [0.05, 0.1) is 53.8 Å². The smallest absolute Gasteiger partial charge is 0.243 e. The molecule has 4 rings (SSSR count). The Balaban J connectivity index is 1.53. The molecule has 3 unspecified atom stereocenters. The lowest BCUT2D eigenvalue weighted by Gasteiger charge is -2.35. The fraction of sp³-hybridized carbons (Fsp3) is 0.575. The number of aromatic nitrogens is 2. The Kier molecular flexibility index (Phi) is 15.4. The van der Waals surface area contributed by atoms with E-state index in [4.69, 9.17) is 4.74 Å². The number of ether oxygens (including phenoxy) is 1. The van der Waals surface area contributed by atoms with Crippen LogP contribution in [0.2, 0.25) is 0 Å². The normalized spacial score (nSPS) is 17.7. The summed E-state index contributed by atoms with van der Waals surface area (Å²) in [6.07, 6.45) is 6.46. The molecule has 286 valence electrons. The van der Waals surface area contributed by atoms with E-state index in [-0.39, 0.29) is 25.4 Å². The molecule has 0 aliphatic heterocycles. The van der Waals surface area contributed by atoms with Gasteiger partial charge in [-0.2, -0.15) is 0 Å². The third kappa shape index (κ3) is 12.5. The second-order valence-electron chi connectivity index (χ2n) is 15.4. The average molecular weight is 739 g/mol. The summed E-state index contributed by atoms with van der Waals surface area (Å²) in [7, 11) is -3.70. The molecular weight excluding hydrogens is 681 g/mol. The monoisotopic (exact) mass is 738 g/mol. The number of nitrogens with zero attached hydrogens (tertiary/aromatic N) is 1. The molecule has 1 aliphatic carbocycles. The molecule has 11 nitrogen and oxygen atoms in total. The van der Waals surface area contributed by atoms with E-state index in [1.54, 1.807) is 33.9 Å². The molecular formula is C40H58N4O7S. The number of aromatic amines is 1. The predicted molar refractivity (Wildman–Crippen MR) is 202 cm³/mol. The molecule has 12 heteroatoms. The summed E-state index contributed by atoms with van der Waals surface area (Å²) in [6, 6.07) is 17.0. The van der Waals surface area contributed by atoms with Gasteiger partial charge >= 0.3 is 0 Å². The van der Waals surface area contributed by atoms with Gasteiger partial charge in [0.1, 0.15) is 12.1 Å². The molecule has 3 aromatic rings. The van der Waals surface area contributed by atoms with Crippen LogP contribution in [0.4, 0.5) is 0 Å². The predicted octanol–water partition coefficient (Wildman–Crippen LogP) is 4.54. The SMILES string of the molecule is CC(COCc1ccccc1)C(O)C(O)[C@H](CC1CCCCC1)NC(=O)[C@H](Cc1c[nH]cn1)NC(=O)[C@H](Cc1ccccc1)CS(=O)(=O)C(C)(C)C. The number of nitrogens with one attached hydrogen (secondary N) is 3. The quantitative estimate of drug-likeness (QED) is 0.119. The maximum absolute atomic E-state index is 14.2. The highest BCUT2D eigenvalue weighted by Crippen LogP contribution is 2.29. The molecule has 0 saturated heterocycles. The number of hydrogen-bond donors (Lipinski definition) is 5. The van der Waals surface area contributed by atoms with E-state index in [0.717, 1.165) is 43.2 Å². The molecule has 5 N–H and O–H groups in total. The first-order chi connectivity index (χ1) is 24.7. The standard InChI is InChI=1S/C40H58N4O7S/c1-28(24-51-25-31-18-12-7-13-19-31)36(45)37(46)34(21-30-16-10-6-11-17-30)43-39(48)35(22-33-23-41-27-42-33)44-38(47)32(20-29-14-8-5-9-15-29)26-52(49,50)40(2,3)4/h5,7-9,12-15,18-19,23,27-28,30,32,34-37,45-46H,6,10-11,16-17,20-22,24-26H2,1-4H3,(H,41,42)(H,43,48)(H,44,47)/t28?,32-,34+,35+,36?,37?/m1/s1. The number of H-pyrrole nitrogens is 1. The minimum Gasteiger partial charge on any atom is -0.390 e. The maximum Gasteiger partial charge on any atom is 0.243 e. The van der Waals surface area contributed by atoms with Crippen molar-refractivity contribution in [3.8, 4) is 0 Å². The summed E-state index contributed by atoms with van der Waals surface area (Å²) in [6.45, 7) is 7.20. The van der Waals surface area contributed by atoms with Gasteiger partial charge in [0.15, 0.2) is 9.84 Å². The Morgan fingerprint density at radius 2 is 1.54 bits per heavy atom. The lowest BCUT2D eigenvalue weighted by atomic mass is 9.82. The molecule has 1 aliphatic rings. The van der Waals surface area contributed by atoms with Crippen molar-refractivity contribution >= 4 is 21.7 Å². The molecule has 1 saturated carbocycles. The van der Waals surface area contributed by atoms with Crippen molar-refractivity contribution in [2.75, 3.05) is 12.4 Å². The number of carbonyl (C=O) groups is 2. The fourth-order valence-corrected chi connectivity index (χ4v) is 8.01. The Morgan fingerprint density at radius 1 is 0.904 bits per heavy atom. The molecule has 6 atom stereocenters. The minimum absolute atomic E-state index is 0.0314. The van der Waals surface area contributed by atoms with Crippen LogP contribution in [0, 0.1) is 17.8 Å². The molecule has 1 fully saturated rings. The van der Waals surface area contributed by atoms with Crippen LogP contribution in [0.15, 0.2) is 73.2 Å². The zero-order chi connectivity index (χ0) is 37.7. The summed E-state index contributed by atoms with van der Waals surface area (Å²) in [4.78, 5) is 35.4. The van der Waals surface area contributed by atoms with Crippen LogP contribution in [0.1, 0.15) is 83.0 Å². The Bertz CT molecular complexity index is 1610. The first-order valence-corrected chi connectivity index (χ1v) is 20.2. The highest BCUT2D eigenvalue weighted by molar-refractivity contribution is 7.92. The van der Waals surface area contributed by atoms with Crippen molar-refractivity contribution in [3.05, 3.63) is 90.0 Å². The first-order valence-electron chi connectivity index (χ1n) is 18.6. The molecule has 0 bridgehead atoms. The largest absolute Gasteiger partial charge is 0.390 e. The van der Waals surface area contributed by atoms with Gasteiger partial charge in [-0.25, -0.2) is 13.4 Å². The third-order valence-corrected chi connectivity index (χ3v) is 12.8. The van der Waals surface area contributed by atoms with Crippen LogP contribution >= 0.6 is 0 Å². The zero-order valence-corrected chi connectivity index (χ0v) is 31.9. The van der Waals surface area contributed by atoms with Crippen molar-refractivity contribution in [2.24, 2.45) is 17.8 Å². The van der Waals surface area contributed by atoms with Gasteiger partial charge in [-0.05, 0) is 50.7 Å². The van der Waals surface area contributed by atoms with Gasteiger partial charge in [0.2, 0.25) is 11.8 Å². The van der Waals surface area contributed by atoms with Gasteiger partial charge in [0.25, 0.3) is 0 Å². The highest BCUT2D eigenvalue weighted by atomic mass is 32.2. The maximum atomic E-state index is 14.2. The number of amides is 2. The van der Waals surface area contributed by atoms with Crippen molar-refractivity contribution in [1.29, 1.82) is 0 Å². The van der Waals surface area contributed by atoms with Crippen LogP contribution in [0.25, 0.3) is 0 Å². The van der Waals surface area contributed by atoms with E-state index in [0.29, 0.717) is 18.7 Å². The Morgan fingerprint density at radius 3 is 2.13 bits per heavy atom. The zero-order valence-electron chi connectivity index (χ0n) is 31.0. The van der Waals surface area contributed by atoms with Crippen LogP contribution in [0.5, 0.6) is 0 Å². The van der Waals surface area contributed by atoms with Gasteiger partial charge in [-0.1, -0.05) is 99.7 Å². The molecule has 52 heavy (non-hydrogen) atoms. The van der Waals surface area contributed by atoms with Crippen LogP contribution in [0.3, 0.4) is 0 Å². The molecule has 2 amide bonds. The Labute approximate surface area is 309 Å². The van der Waals surface area contributed by atoms with E-state index in [9.17, 15) is 28.2 Å². The fourth-order valence-electron chi connectivity index (χ4n) is 6.71. The van der Waals surface area contributed by atoms with Crippen LogP contribution < -0.4 is 10.6 Å². The topological polar surface area (TPSA) is 171 Å². The second-order valence-corrected chi connectivity index (χ2v) is 18.2. The number of imidazole rings is 1. The highest BCUT2D eigenvalue weighted by Gasteiger charge is 2.38. The first kappa shape index (κ1) is 41.2. The van der Waals surface area contributed by atoms with E-state index >= 15 is 0 Å². The summed E-state index contributed by atoms with van der Waals surface area (Å²) in [5, 5.41) is 28.8. The van der Waals surface area contributed by atoms with Crippen LogP contribution in [-0.2, 0) is 43.6 Å². The summed E-state index contributed by atoms with van der Waals surface area (Å²) < 4.78 is 31.5. The number of hydrogen-bond acceptors (Lipinski definition) is 8. The molecule has 1 aromatic heterocycles. The lowest BCUT2D eigenvalue weighted by Crippen LogP contribution is -2.57. The molecule has 0 spiro atoms. The number of carbonyl (C=O) groups excluding carboxylic acids is 2. The summed E-state index contributed by atoms with van der Waals surface area (Å²) in [5.74, 6) is -2.67. The second kappa shape index (κ2) is 19.5. The third-order valence-electron chi connectivity index (χ3n) is 10.1. The minimum atomic E-state index is -3.70. The Hall–Kier alpha value is -3.58. The van der Waals surface area contributed by atoms with Gasteiger partial charge < -0.3 is 30.6 Å². The summed E-state index contributed by atoms with van der Waals surface area (Å²) in [5.41, 5.74) is 2.32. The number of aliphatic hydroxyl groups is 2. The van der Waals surface area contributed by atoms with Gasteiger partial charge in [-0.15, -0.1) is 0 Å². The van der Waals surface area contributed by atoms with E-state index in [2.05, 4.69) is 20.6 Å². The van der Waals surface area contributed by atoms with Crippen molar-refractivity contribution in [1.82, 2.24) is 20.6 Å². The number of benzene rings is 2. The van der Waals surface area contributed by atoms with E-state index in [1.165, 1.54) is 6.33 Å². The molecule has 2 aromatic carbocycles.